The molecule has 0 aliphatic rings. The molecule has 3 nitrogen and oxygen atoms in total. The zero-order valence-corrected chi connectivity index (χ0v) is 12.3. The van der Waals surface area contributed by atoms with E-state index in [4.69, 9.17) is 11.6 Å². The first-order valence-corrected chi connectivity index (χ1v) is 7.31. The van der Waals surface area contributed by atoms with Crippen LogP contribution in [0.25, 0.3) is 10.1 Å². The van der Waals surface area contributed by atoms with Gasteiger partial charge in [0.2, 0.25) is 0 Å². The second-order valence-corrected chi connectivity index (χ2v) is 5.92. The number of aromatic amines is 1. The number of hydrogen-bond donors (Lipinski definition) is 1. The fourth-order valence-corrected chi connectivity index (χ4v) is 3.49. The van der Waals surface area contributed by atoms with Crippen molar-refractivity contribution in [3.63, 3.8) is 0 Å². The summed E-state index contributed by atoms with van der Waals surface area (Å²) in [5.74, 6) is -0.187. The molecule has 1 aromatic carbocycles. The zero-order valence-electron chi connectivity index (χ0n) is 10.7. The van der Waals surface area contributed by atoms with Crippen LogP contribution in [0.1, 0.15) is 15.2 Å². The Labute approximate surface area is 125 Å². The van der Waals surface area contributed by atoms with Crippen LogP contribution in [0.5, 0.6) is 0 Å². The van der Waals surface area contributed by atoms with Crippen LogP contribution >= 0.6 is 22.9 Å². The molecule has 0 atom stereocenters. The molecule has 2 heterocycles. The Kier molecular flexibility index (Phi) is 3.42. The number of aromatic nitrogens is 1. The topological polar surface area (TPSA) is 43.2 Å². The second-order valence-electron chi connectivity index (χ2n) is 4.49. The Hall–Kier alpha value is -1.91. The fourth-order valence-electron chi connectivity index (χ4n) is 1.98. The van der Waals surface area contributed by atoms with Gasteiger partial charge in [-0.3, -0.25) is 4.79 Å². The van der Waals surface area contributed by atoms with Crippen molar-refractivity contribution >= 4 is 44.6 Å². The van der Waals surface area contributed by atoms with Crippen LogP contribution in [0.4, 0.5) is 5.69 Å². The summed E-state index contributed by atoms with van der Waals surface area (Å²) < 4.78 is 1.03. The van der Waals surface area contributed by atoms with Crippen LogP contribution in [0.2, 0.25) is 5.02 Å². The molecule has 0 fully saturated rings. The van der Waals surface area contributed by atoms with E-state index in [9.17, 15) is 4.79 Å². The quantitative estimate of drug-likeness (QED) is 0.766. The molecule has 0 spiro atoms. The zero-order chi connectivity index (χ0) is 14.1. The van der Waals surface area contributed by atoms with Crippen LogP contribution in [0.3, 0.4) is 0 Å². The first-order chi connectivity index (χ1) is 9.65. The highest BCUT2D eigenvalue weighted by molar-refractivity contribution is 7.21. The Morgan fingerprint density at radius 1 is 1.35 bits per heavy atom. The van der Waals surface area contributed by atoms with Crippen LogP contribution in [-0.4, -0.2) is 5.91 Å². The average Bonchev–Trinajstić information content (AvgIpc) is 2.76. The lowest BCUT2D eigenvalue weighted by Gasteiger charge is -2.00. The van der Waals surface area contributed by atoms with Crippen molar-refractivity contribution in [1.82, 2.24) is 0 Å². The van der Waals surface area contributed by atoms with Crippen molar-refractivity contribution in [2.45, 2.75) is 6.92 Å². The maximum atomic E-state index is 12.3. The van der Waals surface area contributed by atoms with Crippen molar-refractivity contribution in [2.24, 2.45) is 0 Å². The molecular formula is C15H12ClN2OS+. The molecule has 2 aromatic heterocycles. The monoisotopic (exact) mass is 303 g/mol. The van der Waals surface area contributed by atoms with Crippen LogP contribution in [0, 0.1) is 6.92 Å². The van der Waals surface area contributed by atoms with Gasteiger partial charge in [0.25, 0.3) is 5.91 Å². The van der Waals surface area contributed by atoms with Crippen molar-refractivity contribution in [3.8, 4) is 0 Å². The van der Waals surface area contributed by atoms with E-state index in [1.165, 1.54) is 11.3 Å². The predicted molar refractivity (Wildman–Crippen MR) is 82.5 cm³/mol. The maximum Gasteiger partial charge on any atom is 0.267 e. The Bertz CT molecular complexity index is 783. The van der Waals surface area contributed by atoms with Crippen LogP contribution in [-0.2, 0) is 0 Å². The summed E-state index contributed by atoms with van der Waals surface area (Å²) in [5.41, 5.74) is 1.86. The normalized spacial score (nSPS) is 10.7. The number of hydrogen-bond acceptors (Lipinski definition) is 2. The summed E-state index contributed by atoms with van der Waals surface area (Å²) in [6, 6.07) is 9.63. The molecule has 3 rings (SSSR count). The van der Waals surface area contributed by atoms with Gasteiger partial charge in [-0.1, -0.05) is 23.7 Å². The number of thiophene rings is 1. The lowest BCUT2D eigenvalue weighted by atomic mass is 10.2. The van der Waals surface area contributed by atoms with Crippen molar-refractivity contribution in [3.05, 3.63) is 58.2 Å². The van der Waals surface area contributed by atoms with E-state index >= 15 is 0 Å². The minimum atomic E-state index is -0.187. The number of fused-ring (bicyclic) bond motifs is 1. The summed E-state index contributed by atoms with van der Waals surface area (Å²) in [4.78, 5) is 15.8. The molecule has 0 saturated heterocycles. The second kappa shape index (κ2) is 5.23. The summed E-state index contributed by atoms with van der Waals surface area (Å²) in [6.45, 7) is 2.02. The van der Waals surface area contributed by atoms with Crippen molar-refractivity contribution in [1.29, 1.82) is 0 Å². The van der Waals surface area contributed by atoms with Gasteiger partial charge < -0.3 is 5.32 Å². The molecule has 1 amide bonds. The number of aryl methyl sites for hydroxylation is 1. The van der Waals surface area contributed by atoms with E-state index in [2.05, 4.69) is 10.3 Å². The minimum absolute atomic E-state index is 0.187. The number of benzene rings is 1. The predicted octanol–water partition coefficient (Wildman–Crippen LogP) is 3.93. The van der Waals surface area contributed by atoms with E-state index in [0.717, 1.165) is 15.6 Å². The number of anilines is 1. The molecule has 0 radical (unpaired) electrons. The molecule has 0 aliphatic carbocycles. The first kappa shape index (κ1) is 13.1. The number of amides is 1. The number of halogens is 1. The van der Waals surface area contributed by atoms with E-state index in [1.807, 2.05) is 37.3 Å². The third-order valence-electron chi connectivity index (χ3n) is 2.96. The number of H-pyrrole nitrogens is 1. The highest BCUT2D eigenvalue weighted by Gasteiger charge is 2.17. The smallest absolute Gasteiger partial charge is 0.267 e. The van der Waals surface area contributed by atoms with Gasteiger partial charge in [-0.05, 0) is 24.6 Å². The lowest BCUT2D eigenvalue weighted by Crippen LogP contribution is -2.12. The Morgan fingerprint density at radius 3 is 2.95 bits per heavy atom. The van der Waals surface area contributed by atoms with Gasteiger partial charge in [0.15, 0.2) is 12.4 Å². The first-order valence-electron chi connectivity index (χ1n) is 6.11. The number of pyridine rings is 1. The van der Waals surface area contributed by atoms with Gasteiger partial charge in [0, 0.05) is 16.2 Å². The number of nitrogens with one attached hydrogen (secondary N) is 2. The third-order valence-corrected chi connectivity index (χ3v) is 4.61. The number of carbonyl (C=O) groups excluding carboxylic acids is 1. The largest absolute Gasteiger partial charge is 0.316 e. The van der Waals surface area contributed by atoms with Crippen molar-refractivity contribution in [2.75, 3.05) is 5.32 Å². The summed E-state index contributed by atoms with van der Waals surface area (Å²) in [5, 5.41) is 4.27. The van der Waals surface area contributed by atoms with Crippen molar-refractivity contribution < 1.29 is 9.78 Å². The van der Waals surface area contributed by atoms with E-state index in [-0.39, 0.29) is 5.91 Å². The lowest BCUT2D eigenvalue weighted by molar-refractivity contribution is -0.377. The Balaban J connectivity index is 1.97. The molecule has 0 aliphatic heterocycles. The molecule has 3 aromatic rings. The third kappa shape index (κ3) is 2.40. The summed E-state index contributed by atoms with van der Waals surface area (Å²) >= 11 is 7.72. The van der Waals surface area contributed by atoms with E-state index < -0.39 is 0 Å². The molecule has 2 N–H and O–H groups in total. The molecule has 0 saturated carbocycles. The fraction of sp³-hybridized carbons (Fsp3) is 0.0667. The van der Waals surface area contributed by atoms with Crippen LogP contribution in [0.15, 0.2) is 42.7 Å². The molecule has 0 unspecified atom stereocenters. The highest BCUT2D eigenvalue weighted by Crippen LogP contribution is 2.36. The van der Waals surface area contributed by atoms with Gasteiger partial charge in [-0.2, -0.15) is 0 Å². The molecule has 20 heavy (non-hydrogen) atoms. The summed E-state index contributed by atoms with van der Waals surface area (Å²) in [7, 11) is 0. The van der Waals surface area contributed by atoms with Gasteiger partial charge >= 0.3 is 0 Å². The van der Waals surface area contributed by atoms with Gasteiger partial charge in [0.1, 0.15) is 10.6 Å². The van der Waals surface area contributed by atoms with Gasteiger partial charge in [-0.15, -0.1) is 11.3 Å². The molecule has 100 valence electrons. The van der Waals surface area contributed by atoms with Gasteiger partial charge in [0.05, 0.1) is 5.02 Å². The maximum absolute atomic E-state index is 12.3. The average molecular weight is 304 g/mol. The molecule has 0 bridgehead atoms. The SMILES string of the molecule is Cc1ccc2c(Cl)c(C(=O)Nc3ccc[nH+]c3)sc2c1. The number of rotatable bonds is 2. The van der Waals surface area contributed by atoms with Gasteiger partial charge in [-0.25, -0.2) is 4.98 Å². The minimum Gasteiger partial charge on any atom is -0.316 e. The summed E-state index contributed by atoms with van der Waals surface area (Å²) in [6.07, 6.45) is 3.51. The standard InChI is InChI=1S/C15H11ClN2OS/c1-9-4-5-11-12(7-9)20-14(13(11)16)15(19)18-10-3-2-6-17-8-10/h2-8H,1H3,(H,18,19)/p+1. The molecular weight excluding hydrogens is 292 g/mol. The molecule has 5 heteroatoms. The van der Waals surface area contributed by atoms with E-state index in [0.29, 0.717) is 15.6 Å². The van der Waals surface area contributed by atoms with E-state index in [1.54, 1.807) is 12.4 Å². The number of carbonyl (C=O) groups is 1. The highest BCUT2D eigenvalue weighted by atomic mass is 35.5. The van der Waals surface area contributed by atoms with Crippen LogP contribution < -0.4 is 10.3 Å². The Morgan fingerprint density at radius 2 is 2.20 bits per heavy atom.